The summed E-state index contributed by atoms with van der Waals surface area (Å²) in [5.41, 5.74) is 4.42. The SMILES string of the molecule is Cc1cccc(C(Cc2ccnn2C)c2cnc[nH]2)c1Cl. The number of hydrogen-bond acceptors (Lipinski definition) is 2. The van der Waals surface area contributed by atoms with Gasteiger partial charge in [0.25, 0.3) is 0 Å². The van der Waals surface area contributed by atoms with Crippen LogP contribution in [-0.2, 0) is 13.5 Å². The van der Waals surface area contributed by atoms with Gasteiger partial charge in [-0.05, 0) is 24.1 Å². The van der Waals surface area contributed by atoms with E-state index in [1.807, 2.05) is 49.2 Å². The second-order valence-electron chi connectivity index (χ2n) is 5.19. The third kappa shape index (κ3) is 2.72. The van der Waals surface area contributed by atoms with Crippen molar-refractivity contribution in [1.82, 2.24) is 19.7 Å². The molecule has 1 atom stereocenters. The van der Waals surface area contributed by atoms with Gasteiger partial charge in [-0.25, -0.2) is 4.98 Å². The van der Waals surface area contributed by atoms with Gasteiger partial charge < -0.3 is 4.98 Å². The minimum Gasteiger partial charge on any atom is -0.348 e. The molecule has 4 nitrogen and oxygen atoms in total. The van der Waals surface area contributed by atoms with Crippen LogP contribution in [0.15, 0.2) is 43.0 Å². The smallest absolute Gasteiger partial charge is 0.0921 e. The highest BCUT2D eigenvalue weighted by molar-refractivity contribution is 6.32. The van der Waals surface area contributed by atoms with Crippen LogP contribution in [0.3, 0.4) is 0 Å². The van der Waals surface area contributed by atoms with Crippen LogP contribution < -0.4 is 0 Å². The molecule has 3 aromatic rings. The van der Waals surface area contributed by atoms with E-state index in [0.717, 1.165) is 34.0 Å². The van der Waals surface area contributed by atoms with Crippen molar-refractivity contribution in [3.8, 4) is 0 Å². The number of nitrogens with one attached hydrogen (secondary N) is 1. The van der Waals surface area contributed by atoms with E-state index in [2.05, 4.69) is 21.1 Å². The maximum Gasteiger partial charge on any atom is 0.0921 e. The molecule has 1 N–H and O–H groups in total. The fraction of sp³-hybridized carbons (Fsp3) is 0.250. The van der Waals surface area contributed by atoms with Crippen molar-refractivity contribution in [3.05, 3.63) is 70.5 Å². The maximum atomic E-state index is 6.53. The van der Waals surface area contributed by atoms with Crippen molar-refractivity contribution in [1.29, 1.82) is 0 Å². The van der Waals surface area contributed by atoms with Crippen LogP contribution in [0.25, 0.3) is 0 Å². The standard InChI is InChI=1S/C16H17ClN4/c1-11-4-3-5-13(16(11)17)14(15-9-18-10-19-15)8-12-6-7-20-21(12)2/h3-7,9-10,14H,8H2,1-2H3,(H,18,19). The van der Waals surface area contributed by atoms with E-state index >= 15 is 0 Å². The first-order chi connectivity index (χ1) is 10.2. The van der Waals surface area contributed by atoms with Crippen molar-refractivity contribution >= 4 is 11.6 Å². The molecule has 21 heavy (non-hydrogen) atoms. The number of aromatic nitrogens is 4. The van der Waals surface area contributed by atoms with Crippen molar-refractivity contribution < 1.29 is 0 Å². The fourth-order valence-electron chi connectivity index (χ4n) is 2.59. The molecule has 0 fully saturated rings. The molecule has 0 bridgehead atoms. The highest BCUT2D eigenvalue weighted by Gasteiger charge is 2.21. The summed E-state index contributed by atoms with van der Waals surface area (Å²) in [4.78, 5) is 7.37. The molecular formula is C16H17ClN4. The third-order valence-electron chi connectivity index (χ3n) is 3.83. The molecule has 2 heterocycles. The molecule has 0 saturated heterocycles. The molecular weight excluding hydrogens is 284 g/mol. The van der Waals surface area contributed by atoms with Gasteiger partial charge in [0.05, 0.1) is 6.33 Å². The largest absolute Gasteiger partial charge is 0.348 e. The Labute approximate surface area is 128 Å². The van der Waals surface area contributed by atoms with Crippen LogP contribution in [0.1, 0.15) is 28.4 Å². The maximum absolute atomic E-state index is 6.53. The average molecular weight is 301 g/mol. The van der Waals surface area contributed by atoms with E-state index in [4.69, 9.17) is 11.6 Å². The Morgan fingerprint density at radius 3 is 2.86 bits per heavy atom. The summed E-state index contributed by atoms with van der Waals surface area (Å²) < 4.78 is 1.90. The summed E-state index contributed by atoms with van der Waals surface area (Å²) in [5.74, 6) is 0.135. The van der Waals surface area contributed by atoms with Crippen LogP contribution in [0.5, 0.6) is 0 Å². The zero-order valence-corrected chi connectivity index (χ0v) is 12.8. The van der Waals surface area contributed by atoms with E-state index in [1.165, 1.54) is 0 Å². The van der Waals surface area contributed by atoms with Crippen LogP contribution in [-0.4, -0.2) is 19.7 Å². The predicted molar refractivity (Wildman–Crippen MR) is 83.5 cm³/mol. The van der Waals surface area contributed by atoms with Crippen LogP contribution >= 0.6 is 11.6 Å². The minimum atomic E-state index is 0.135. The predicted octanol–water partition coefficient (Wildman–Crippen LogP) is 3.48. The quantitative estimate of drug-likeness (QED) is 0.802. The number of hydrogen-bond donors (Lipinski definition) is 1. The summed E-state index contributed by atoms with van der Waals surface area (Å²) in [6.45, 7) is 2.03. The van der Waals surface area contributed by atoms with Gasteiger partial charge in [0.1, 0.15) is 0 Å². The first-order valence-electron chi connectivity index (χ1n) is 6.87. The lowest BCUT2D eigenvalue weighted by Crippen LogP contribution is -2.10. The number of aromatic amines is 1. The Morgan fingerprint density at radius 1 is 1.33 bits per heavy atom. The highest BCUT2D eigenvalue weighted by Crippen LogP contribution is 2.33. The van der Waals surface area contributed by atoms with Gasteiger partial charge in [0.15, 0.2) is 0 Å². The molecule has 0 spiro atoms. The zero-order chi connectivity index (χ0) is 14.8. The second kappa shape index (κ2) is 5.74. The highest BCUT2D eigenvalue weighted by atomic mass is 35.5. The van der Waals surface area contributed by atoms with Gasteiger partial charge in [0.2, 0.25) is 0 Å². The van der Waals surface area contributed by atoms with Crippen LogP contribution in [0.4, 0.5) is 0 Å². The summed E-state index contributed by atoms with van der Waals surface area (Å²) in [5, 5.41) is 5.06. The van der Waals surface area contributed by atoms with Crippen molar-refractivity contribution in [2.75, 3.05) is 0 Å². The van der Waals surface area contributed by atoms with Gasteiger partial charge in [-0.1, -0.05) is 29.8 Å². The zero-order valence-electron chi connectivity index (χ0n) is 12.0. The van der Waals surface area contributed by atoms with Crippen LogP contribution in [0, 0.1) is 6.92 Å². The third-order valence-corrected chi connectivity index (χ3v) is 4.34. The summed E-state index contributed by atoms with van der Waals surface area (Å²) >= 11 is 6.53. The Kier molecular flexibility index (Phi) is 3.80. The van der Waals surface area contributed by atoms with Crippen LogP contribution in [0.2, 0.25) is 5.02 Å². The topological polar surface area (TPSA) is 46.5 Å². The molecule has 0 aliphatic rings. The van der Waals surface area contributed by atoms with Gasteiger partial charge in [-0.3, -0.25) is 4.68 Å². The van der Waals surface area contributed by atoms with E-state index in [-0.39, 0.29) is 5.92 Å². The lowest BCUT2D eigenvalue weighted by molar-refractivity contribution is 0.667. The monoisotopic (exact) mass is 300 g/mol. The number of nitrogens with zero attached hydrogens (tertiary/aromatic N) is 3. The van der Waals surface area contributed by atoms with E-state index in [1.54, 1.807) is 6.33 Å². The molecule has 0 saturated carbocycles. The molecule has 0 aliphatic carbocycles. The molecule has 5 heteroatoms. The Bertz CT molecular complexity index is 731. The Hall–Kier alpha value is -2.07. The average Bonchev–Trinajstić information content (AvgIpc) is 3.12. The summed E-state index contributed by atoms with van der Waals surface area (Å²) in [7, 11) is 1.96. The molecule has 2 aromatic heterocycles. The van der Waals surface area contributed by atoms with Gasteiger partial charge in [-0.2, -0.15) is 5.10 Å². The number of H-pyrrole nitrogens is 1. The molecule has 0 amide bonds. The van der Waals surface area contributed by atoms with Gasteiger partial charge >= 0.3 is 0 Å². The lowest BCUT2D eigenvalue weighted by atomic mass is 9.90. The summed E-state index contributed by atoms with van der Waals surface area (Å²) in [6.07, 6.45) is 6.20. The van der Waals surface area contributed by atoms with Gasteiger partial charge in [-0.15, -0.1) is 0 Å². The number of rotatable bonds is 4. The van der Waals surface area contributed by atoms with E-state index in [9.17, 15) is 0 Å². The van der Waals surface area contributed by atoms with Gasteiger partial charge in [0, 0.05) is 48.2 Å². The molecule has 108 valence electrons. The van der Waals surface area contributed by atoms with E-state index in [0.29, 0.717) is 0 Å². The van der Waals surface area contributed by atoms with E-state index < -0.39 is 0 Å². The normalized spacial score (nSPS) is 12.5. The number of imidazole rings is 1. The molecule has 0 radical (unpaired) electrons. The Morgan fingerprint density at radius 2 is 2.19 bits per heavy atom. The molecule has 0 aliphatic heterocycles. The van der Waals surface area contributed by atoms with Crippen molar-refractivity contribution in [3.63, 3.8) is 0 Å². The fourth-order valence-corrected chi connectivity index (χ4v) is 2.85. The molecule has 1 aromatic carbocycles. The summed E-state index contributed by atoms with van der Waals surface area (Å²) in [6, 6.07) is 8.19. The first kappa shape index (κ1) is 13.9. The molecule has 3 rings (SSSR count). The second-order valence-corrected chi connectivity index (χ2v) is 5.57. The first-order valence-corrected chi connectivity index (χ1v) is 7.24. The minimum absolute atomic E-state index is 0.135. The van der Waals surface area contributed by atoms with Crippen molar-refractivity contribution in [2.45, 2.75) is 19.3 Å². The number of halogens is 1. The Balaban J connectivity index is 2.05. The number of aryl methyl sites for hydroxylation is 2. The van der Waals surface area contributed by atoms with Crippen molar-refractivity contribution in [2.24, 2.45) is 7.05 Å². The number of benzene rings is 1. The lowest BCUT2D eigenvalue weighted by Gasteiger charge is -2.18. The molecule has 1 unspecified atom stereocenters.